The van der Waals surface area contributed by atoms with Gasteiger partial charge in [-0.15, -0.1) is 0 Å². The van der Waals surface area contributed by atoms with Gasteiger partial charge in [0.2, 0.25) is 5.91 Å². The lowest BCUT2D eigenvalue weighted by Crippen LogP contribution is -2.56. The molecule has 3 aliphatic rings. The Hall–Kier alpha value is -3.46. The number of fused-ring (bicyclic) bond motifs is 5. The molecule has 0 bridgehead atoms. The van der Waals surface area contributed by atoms with Gasteiger partial charge in [-0.05, 0) is 80.1 Å². The van der Waals surface area contributed by atoms with Crippen LogP contribution in [0.5, 0.6) is 0 Å². The lowest BCUT2D eigenvalue weighted by Gasteiger charge is -2.40. The first-order valence-electron chi connectivity index (χ1n) is 14.6. The largest absolute Gasteiger partial charge is 0.465 e. The second-order valence-electron chi connectivity index (χ2n) is 12.0. The molecule has 3 aromatic carbocycles. The van der Waals surface area contributed by atoms with Crippen LogP contribution in [0.4, 0.5) is 10.1 Å². The Labute approximate surface area is 258 Å². The second-order valence-corrected chi connectivity index (χ2v) is 12.9. The zero-order valence-electron chi connectivity index (χ0n) is 23.8. The van der Waals surface area contributed by atoms with Crippen LogP contribution in [0.1, 0.15) is 59.8 Å². The number of halogens is 3. The molecule has 43 heavy (non-hydrogen) atoms. The lowest BCUT2D eigenvalue weighted by atomic mass is 9.73. The summed E-state index contributed by atoms with van der Waals surface area (Å²) in [5.41, 5.74) is 1.78. The van der Waals surface area contributed by atoms with Gasteiger partial charge in [-0.1, -0.05) is 41.4 Å². The SMILES string of the molecule is COC(=O)c1ccc2c(c1)nc1n2CC[C@H]2[C@@H]1C(c1cccc(Cl)c1F)[C@](C)(C(=O)Nc1cccc(Cl)c1)N2CC1CC1. The van der Waals surface area contributed by atoms with Gasteiger partial charge in [-0.3, -0.25) is 9.69 Å². The number of carbonyl (C=O) groups excluding carboxylic acids is 2. The van der Waals surface area contributed by atoms with Gasteiger partial charge in [0.05, 0.1) is 28.7 Å². The zero-order chi connectivity index (χ0) is 30.0. The van der Waals surface area contributed by atoms with Crippen molar-refractivity contribution in [1.29, 1.82) is 0 Å². The van der Waals surface area contributed by atoms with Gasteiger partial charge in [0.25, 0.3) is 0 Å². The Kier molecular flexibility index (Phi) is 6.99. The number of hydrogen-bond acceptors (Lipinski definition) is 5. The summed E-state index contributed by atoms with van der Waals surface area (Å²) >= 11 is 12.6. The van der Waals surface area contributed by atoms with E-state index in [2.05, 4.69) is 14.8 Å². The summed E-state index contributed by atoms with van der Waals surface area (Å²) in [5, 5.41) is 3.63. The summed E-state index contributed by atoms with van der Waals surface area (Å²) in [6.07, 6.45) is 2.96. The van der Waals surface area contributed by atoms with Crippen LogP contribution in [0, 0.1) is 11.7 Å². The van der Waals surface area contributed by atoms with Gasteiger partial charge in [0.1, 0.15) is 17.2 Å². The molecule has 2 fully saturated rings. The van der Waals surface area contributed by atoms with E-state index in [0.29, 0.717) is 39.8 Å². The average Bonchev–Trinajstić information content (AvgIpc) is 3.69. The first-order valence-corrected chi connectivity index (χ1v) is 15.3. The number of esters is 1. The third kappa shape index (κ3) is 4.62. The van der Waals surface area contributed by atoms with Crippen LogP contribution in [0.25, 0.3) is 11.0 Å². The highest BCUT2D eigenvalue weighted by Crippen LogP contribution is 2.58. The van der Waals surface area contributed by atoms with E-state index in [4.69, 9.17) is 32.9 Å². The number of aryl methyl sites for hydroxylation is 1. The molecule has 222 valence electrons. The number of nitrogens with zero attached hydrogens (tertiary/aromatic N) is 3. The number of ether oxygens (including phenoxy) is 1. The molecule has 1 aromatic heterocycles. The fraction of sp³-hybridized carbons (Fsp3) is 0.364. The molecule has 4 aromatic rings. The number of likely N-dealkylation sites (tertiary alicyclic amines) is 1. The molecule has 1 saturated carbocycles. The Morgan fingerprint density at radius 2 is 1.88 bits per heavy atom. The highest BCUT2D eigenvalue weighted by atomic mass is 35.5. The molecule has 1 aliphatic carbocycles. The molecular formula is C33H31Cl2FN4O3. The van der Waals surface area contributed by atoms with Crippen molar-refractivity contribution in [3.05, 3.63) is 93.5 Å². The second kappa shape index (κ2) is 10.6. The molecule has 7 rings (SSSR count). The number of anilines is 1. The Morgan fingerprint density at radius 3 is 2.63 bits per heavy atom. The summed E-state index contributed by atoms with van der Waals surface area (Å²) in [6.45, 7) is 3.34. The van der Waals surface area contributed by atoms with E-state index in [9.17, 15) is 9.59 Å². The van der Waals surface area contributed by atoms with Crippen LogP contribution in [-0.4, -0.2) is 51.6 Å². The summed E-state index contributed by atoms with van der Waals surface area (Å²) in [6, 6.07) is 17.4. The third-order valence-corrected chi connectivity index (χ3v) is 10.1. The number of aromatic nitrogens is 2. The summed E-state index contributed by atoms with van der Waals surface area (Å²) < 4.78 is 23.2. The highest BCUT2D eigenvalue weighted by Gasteiger charge is 2.63. The van der Waals surface area contributed by atoms with Gasteiger partial charge in [-0.25, -0.2) is 14.2 Å². The van der Waals surface area contributed by atoms with E-state index >= 15 is 4.39 Å². The van der Waals surface area contributed by atoms with Crippen molar-refractivity contribution in [3.63, 3.8) is 0 Å². The van der Waals surface area contributed by atoms with E-state index in [1.807, 2.05) is 13.0 Å². The van der Waals surface area contributed by atoms with E-state index in [1.54, 1.807) is 48.5 Å². The molecule has 2 aliphatic heterocycles. The van der Waals surface area contributed by atoms with E-state index in [0.717, 1.165) is 37.1 Å². The molecule has 10 heteroatoms. The quantitative estimate of drug-likeness (QED) is 0.234. The van der Waals surface area contributed by atoms with Crippen LogP contribution < -0.4 is 5.32 Å². The smallest absolute Gasteiger partial charge is 0.337 e. The fourth-order valence-electron chi connectivity index (χ4n) is 7.35. The molecule has 7 nitrogen and oxygen atoms in total. The predicted octanol–water partition coefficient (Wildman–Crippen LogP) is 7.03. The van der Waals surface area contributed by atoms with E-state index < -0.39 is 23.2 Å². The molecule has 0 spiro atoms. The van der Waals surface area contributed by atoms with E-state index in [-0.39, 0.29) is 22.9 Å². The van der Waals surface area contributed by atoms with Crippen molar-refractivity contribution in [2.45, 2.75) is 56.1 Å². The molecular weight excluding hydrogens is 590 g/mol. The van der Waals surface area contributed by atoms with Gasteiger partial charge in [0, 0.05) is 41.7 Å². The van der Waals surface area contributed by atoms with Crippen molar-refractivity contribution < 1.29 is 18.7 Å². The number of amides is 1. The molecule has 1 unspecified atom stereocenters. The minimum Gasteiger partial charge on any atom is -0.465 e. The maximum atomic E-state index is 16.1. The van der Waals surface area contributed by atoms with Crippen molar-refractivity contribution in [1.82, 2.24) is 14.5 Å². The van der Waals surface area contributed by atoms with Gasteiger partial charge >= 0.3 is 5.97 Å². The van der Waals surface area contributed by atoms with Crippen LogP contribution in [0.15, 0.2) is 60.7 Å². The molecule has 1 amide bonds. The van der Waals surface area contributed by atoms with Crippen molar-refractivity contribution in [3.8, 4) is 0 Å². The van der Waals surface area contributed by atoms with Crippen molar-refractivity contribution in [2.75, 3.05) is 19.0 Å². The normalized spacial score (nSPS) is 24.9. The van der Waals surface area contributed by atoms with E-state index in [1.165, 1.54) is 13.2 Å². The topological polar surface area (TPSA) is 76.5 Å². The van der Waals surface area contributed by atoms with Crippen molar-refractivity contribution >= 4 is 51.8 Å². The minimum absolute atomic E-state index is 0.0133. The number of benzene rings is 3. The molecule has 1 saturated heterocycles. The average molecular weight is 622 g/mol. The molecule has 1 N–H and O–H groups in total. The molecule has 3 heterocycles. The predicted molar refractivity (Wildman–Crippen MR) is 164 cm³/mol. The van der Waals surface area contributed by atoms with Crippen LogP contribution in [0.3, 0.4) is 0 Å². The van der Waals surface area contributed by atoms with Gasteiger partial charge in [0.15, 0.2) is 0 Å². The Morgan fingerprint density at radius 1 is 1.09 bits per heavy atom. The van der Waals surface area contributed by atoms with Crippen LogP contribution in [-0.2, 0) is 16.1 Å². The van der Waals surface area contributed by atoms with Gasteiger partial charge < -0.3 is 14.6 Å². The number of imidazole rings is 1. The molecule has 4 atom stereocenters. The third-order valence-electron chi connectivity index (χ3n) is 9.53. The minimum atomic E-state index is -1.14. The number of carbonyl (C=O) groups is 2. The van der Waals surface area contributed by atoms with Crippen LogP contribution >= 0.6 is 23.2 Å². The van der Waals surface area contributed by atoms with Crippen molar-refractivity contribution in [2.24, 2.45) is 5.92 Å². The number of nitrogens with one attached hydrogen (secondary N) is 1. The Bertz CT molecular complexity index is 1770. The van der Waals surface area contributed by atoms with Crippen LogP contribution in [0.2, 0.25) is 10.0 Å². The number of rotatable bonds is 6. The number of methoxy groups -OCH3 is 1. The first-order chi connectivity index (χ1) is 20.7. The highest BCUT2D eigenvalue weighted by molar-refractivity contribution is 6.31. The molecule has 0 radical (unpaired) electrons. The lowest BCUT2D eigenvalue weighted by molar-refractivity contribution is -0.127. The zero-order valence-corrected chi connectivity index (χ0v) is 25.3. The first kappa shape index (κ1) is 28.3. The monoisotopic (exact) mass is 620 g/mol. The fourth-order valence-corrected chi connectivity index (χ4v) is 7.72. The Balaban J connectivity index is 1.42. The standard InChI is InChI=1S/C33H31Cl2FN4O3/c1-33(32(42)37-21-6-3-5-20(34)16-21)28(22-7-4-8-23(35)29(22)36)27-26(40(33)17-18-9-10-18)13-14-39-25-12-11-19(31(41)43-2)15-24(25)38-30(27)39/h3-8,11-12,15-16,18,26-28H,9-10,13-14,17H2,1-2H3,(H,37,42)/t26-,27+,28?,33+/m0/s1. The number of hydrogen-bond donors (Lipinski definition) is 1. The maximum Gasteiger partial charge on any atom is 0.337 e. The van der Waals surface area contributed by atoms with Gasteiger partial charge in [-0.2, -0.15) is 0 Å². The summed E-state index contributed by atoms with van der Waals surface area (Å²) in [4.78, 5) is 34.3. The summed E-state index contributed by atoms with van der Waals surface area (Å²) in [7, 11) is 1.35. The maximum absolute atomic E-state index is 16.1. The summed E-state index contributed by atoms with van der Waals surface area (Å²) in [5.74, 6) is -0.863.